The van der Waals surface area contributed by atoms with Gasteiger partial charge in [-0.3, -0.25) is 0 Å². The number of hydrogen-bond donors (Lipinski definition) is 0. The smallest absolute Gasteiger partial charge is 0.237 e. The van der Waals surface area contributed by atoms with E-state index in [1.807, 2.05) is 72.8 Å². The highest BCUT2D eigenvalue weighted by Crippen LogP contribution is 2.40. The second-order valence-electron chi connectivity index (χ2n) is 8.90. The van der Waals surface area contributed by atoms with E-state index in [0.29, 0.717) is 32.7 Å². The molecule has 0 spiro atoms. The molecule has 0 aliphatic heterocycles. The third kappa shape index (κ3) is 3.86. The fourth-order valence-corrected chi connectivity index (χ4v) is 8.19. The quantitative estimate of drug-likeness (QED) is 0.203. The Morgan fingerprint density at radius 1 is 0.500 bits per heavy atom. The molecule has 0 N–H and O–H groups in total. The minimum Gasteiger partial charge on any atom is -0.435 e. The maximum Gasteiger partial charge on any atom is 0.237 e. The van der Waals surface area contributed by atoms with Crippen LogP contribution in [0.3, 0.4) is 0 Å². The van der Waals surface area contributed by atoms with Gasteiger partial charge in [0.2, 0.25) is 11.8 Å². The molecular weight excluding hydrogens is 577 g/mol. The second-order valence-corrected chi connectivity index (χ2v) is 13.2. The summed E-state index contributed by atoms with van der Waals surface area (Å²) in [5.74, 6) is 1.15. The summed E-state index contributed by atoms with van der Waals surface area (Å²) < 4.78 is 12.3. The van der Waals surface area contributed by atoms with Gasteiger partial charge in [0.1, 0.15) is 32.9 Å². The monoisotopic (exact) mass is 588 g/mol. The number of fused-ring (bicyclic) bond motifs is 3. The summed E-state index contributed by atoms with van der Waals surface area (Å²) >= 11 is 6.15. The highest BCUT2D eigenvalue weighted by Gasteiger charge is 2.16. The lowest BCUT2D eigenvalue weighted by molar-refractivity contribution is 0.621. The number of aromatic nitrogens is 2. The summed E-state index contributed by atoms with van der Waals surface area (Å²) in [5, 5.41) is 20.2. The van der Waals surface area contributed by atoms with Crippen molar-refractivity contribution in [2.24, 2.45) is 0 Å². The molecule has 40 heavy (non-hydrogen) atoms. The Hall–Kier alpha value is -4.58. The molecule has 0 fully saturated rings. The van der Waals surface area contributed by atoms with Crippen LogP contribution in [0, 0.1) is 22.7 Å². The van der Waals surface area contributed by atoms with Crippen LogP contribution in [0.4, 0.5) is 0 Å². The molecule has 0 radical (unpaired) electrons. The average molecular weight is 589 g/mol. The number of rotatable bonds is 4. The highest BCUT2D eigenvalue weighted by molar-refractivity contribution is 7.24. The fourth-order valence-electron chi connectivity index (χ4n) is 4.54. The first-order valence-electron chi connectivity index (χ1n) is 12.0. The van der Waals surface area contributed by atoms with E-state index < -0.39 is 0 Å². The van der Waals surface area contributed by atoms with E-state index in [-0.39, 0.29) is 0 Å². The third-order valence-corrected chi connectivity index (χ3v) is 10.9. The van der Waals surface area contributed by atoms with Crippen molar-refractivity contribution in [2.75, 3.05) is 0 Å². The van der Waals surface area contributed by atoms with E-state index in [0.717, 1.165) is 51.1 Å². The summed E-state index contributed by atoms with van der Waals surface area (Å²) in [7, 11) is 0. The third-order valence-electron chi connectivity index (χ3n) is 6.40. The van der Waals surface area contributed by atoms with Crippen LogP contribution in [0.5, 0.6) is 0 Å². The Morgan fingerprint density at radius 2 is 0.900 bits per heavy atom. The molecule has 6 heterocycles. The number of nitriles is 2. The van der Waals surface area contributed by atoms with Crippen molar-refractivity contribution in [2.45, 2.75) is 0 Å². The summed E-state index contributed by atoms with van der Waals surface area (Å²) in [6.45, 7) is 0. The zero-order chi connectivity index (χ0) is 26.8. The zero-order valence-electron chi connectivity index (χ0n) is 20.2. The van der Waals surface area contributed by atoms with Crippen LogP contribution in [-0.4, -0.2) is 9.97 Å². The first-order chi connectivity index (χ1) is 19.6. The van der Waals surface area contributed by atoms with Gasteiger partial charge >= 0.3 is 0 Å². The van der Waals surface area contributed by atoms with Crippen LogP contribution in [0.15, 0.2) is 81.6 Å². The van der Waals surface area contributed by atoms with Crippen molar-refractivity contribution in [3.8, 4) is 53.2 Å². The summed E-state index contributed by atoms with van der Waals surface area (Å²) in [4.78, 5) is 17.1. The van der Waals surface area contributed by atoms with Crippen LogP contribution in [-0.2, 0) is 0 Å². The molecule has 10 heteroatoms. The number of oxazole rings is 2. The van der Waals surface area contributed by atoms with Gasteiger partial charge in [-0.15, -0.1) is 45.3 Å². The molecule has 0 bridgehead atoms. The molecule has 8 rings (SSSR count). The van der Waals surface area contributed by atoms with Gasteiger partial charge in [0.25, 0.3) is 0 Å². The predicted molar refractivity (Wildman–Crippen MR) is 162 cm³/mol. The van der Waals surface area contributed by atoms with Gasteiger partial charge in [-0.1, -0.05) is 0 Å². The first-order valence-corrected chi connectivity index (χ1v) is 15.3. The first kappa shape index (κ1) is 23.3. The van der Waals surface area contributed by atoms with Gasteiger partial charge in [-0.05, 0) is 83.6 Å². The van der Waals surface area contributed by atoms with Gasteiger partial charge in [-0.25, -0.2) is 9.97 Å². The fraction of sp³-hybridized carbons (Fsp3) is 0. The van der Waals surface area contributed by atoms with Gasteiger partial charge in [-0.2, -0.15) is 10.5 Å². The van der Waals surface area contributed by atoms with Crippen molar-refractivity contribution in [3.63, 3.8) is 0 Å². The van der Waals surface area contributed by atoms with Crippen molar-refractivity contribution in [1.82, 2.24) is 9.97 Å². The van der Waals surface area contributed by atoms with E-state index >= 15 is 0 Å². The molecule has 2 aromatic carbocycles. The van der Waals surface area contributed by atoms with E-state index in [9.17, 15) is 0 Å². The number of hydrogen-bond acceptors (Lipinski definition) is 10. The van der Waals surface area contributed by atoms with Crippen LogP contribution < -0.4 is 0 Å². The molecule has 0 saturated heterocycles. The number of nitrogens with zero attached hydrogens (tertiary/aromatic N) is 4. The predicted octanol–water partition coefficient (Wildman–Crippen LogP) is 9.78. The Labute approximate surface area is 242 Å². The van der Waals surface area contributed by atoms with Gasteiger partial charge in [0.05, 0.1) is 9.75 Å². The second kappa shape index (κ2) is 8.98. The lowest BCUT2D eigenvalue weighted by Crippen LogP contribution is -1.76. The van der Waals surface area contributed by atoms with E-state index in [4.69, 9.17) is 29.3 Å². The minimum atomic E-state index is 0.573. The molecule has 6 nitrogen and oxygen atoms in total. The standard InChI is InChI=1S/C30H12N4O2S4/c31-13-17-1-3-23(37-17)25-5-7-27(39-25)29-33-19-9-15-12-22-20(10-16(15)11-21(19)35-29)34-30(36-22)28-8-6-26(40-28)24-4-2-18(14-32)38-24/h1-12H. The van der Waals surface area contributed by atoms with Crippen molar-refractivity contribution in [1.29, 1.82) is 10.5 Å². The van der Waals surface area contributed by atoms with Crippen molar-refractivity contribution < 1.29 is 8.83 Å². The molecule has 0 atom stereocenters. The summed E-state index contributed by atoms with van der Waals surface area (Å²) in [5.41, 5.74) is 2.96. The average Bonchev–Trinajstić information content (AvgIpc) is 3.81. The molecule has 0 saturated carbocycles. The van der Waals surface area contributed by atoms with Crippen molar-refractivity contribution in [3.05, 3.63) is 82.6 Å². The Balaban J connectivity index is 1.13. The Morgan fingerprint density at radius 3 is 1.32 bits per heavy atom. The molecule has 6 aromatic heterocycles. The van der Waals surface area contributed by atoms with E-state index in [1.54, 1.807) is 22.7 Å². The maximum absolute atomic E-state index is 9.13. The van der Waals surface area contributed by atoms with E-state index in [1.165, 1.54) is 22.7 Å². The van der Waals surface area contributed by atoms with Gasteiger partial charge < -0.3 is 8.83 Å². The number of benzene rings is 2. The van der Waals surface area contributed by atoms with Crippen LogP contribution >= 0.6 is 45.3 Å². The van der Waals surface area contributed by atoms with E-state index in [2.05, 4.69) is 12.1 Å². The van der Waals surface area contributed by atoms with Gasteiger partial charge in [0, 0.05) is 19.5 Å². The molecule has 0 unspecified atom stereocenters. The Bertz CT molecular complexity index is 2100. The SMILES string of the molecule is N#Cc1ccc(-c2ccc(-c3nc4cc5cc6oc(-c7ccc(-c8ccc(C#N)s8)s7)nc6cc5cc4o3)s2)s1. The summed E-state index contributed by atoms with van der Waals surface area (Å²) in [6, 6.07) is 28.1. The zero-order valence-corrected chi connectivity index (χ0v) is 23.4. The molecule has 0 amide bonds. The topological polar surface area (TPSA) is 99.6 Å². The number of thiophene rings is 4. The Kier molecular flexibility index (Phi) is 5.24. The van der Waals surface area contributed by atoms with Gasteiger partial charge in [0.15, 0.2) is 11.2 Å². The molecular formula is C30H12N4O2S4. The lowest BCUT2D eigenvalue weighted by atomic mass is 10.1. The highest BCUT2D eigenvalue weighted by atomic mass is 32.1. The molecule has 188 valence electrons. The molecule has 8 aromatic rings. The van der Waals surface area contributed by atoms with Crippen LogP contribution in [0.2, 0.25) is 0 Å². The van der Waals surface area contributed by atoms with Crippen LogP contribution in [0.25, 0.3) is 74.0 Å². The lowest BCUT2D eigenvalue weighted by Gasteiger charge is -1.96. The largest absolute Gasteiger partial charge is 0.435 e. The molecule has 0 aliphatic rings. The van der Waals surface area contributed by atoms with Crippen LogP contribution in [0.1, 0.15) is 9.75 Å². The normalized spacial score (nSPS) is 11.4. The summed E-state index contributed by atoms with van der Waals surface area (Å²) in [6.07, 6.45) is 0. The minimum absolute atomic E-state index is 0.573. The molecule has 0 aliphatic carbocycles. The van der Waals surface area contributed by atoms with Crippen molar-refractivity contribution >= 4 is 78.3 Å². The maximum atomic E-state index is 9.13.